The molecule has 1 aliphatic heterocycles. The molecule has 0 saturated carbocycles. The quantitative estimate of drug-likeness (QED) is 0.659. The number of rotatable bonds is 0. The van der Waals surface area contributed by atoms with Crippen molar-refractivity contribution in [1.29, 1.82) is 0 Å². The fourth-order valence-electron chi connectivity index (χ4n) is 3.44. The third-order valence-electron chi connectivity index (χ3n) is 4.77. The maximum Gasteiger partial charge on any atom is 0.0398 e. The van der Waals surface area contributed by atoms with Gasteiger partial charge in [0.15, 0.2) is 0 Å². The van der Waals surface area contributed by atoms with Gasteiger partial charge in [-0.25, -0.2) is 0 Å². The number of benzene rings is 1. The Morgan fingerprint density at radius 1 is 1.09 bits per heavy atom. The van der Waals surface area contributed by atoms with Crippen molar-refractivity contribution < 1.29 is 0 Å². The molecule has 1 nitrogen and oxygen atoms in total. The molecule has 0 atom stereocenters. The topological polar surface area (TPSA) is 3.24 Å². The van der Waals surface area contributed by atoms with Crippen molar-refractivity contribution in [3.63, 3.8) is 0 Å². The summed E-state index contributed by atoms with van der Waals surface area (Å²) >= 11 is 0. The van der Waals surface area contributed by atoms with Gasteiger partial charge in [0.2, 0.25) is 0 Å². The molecule has 0 unspecified atom stereocenters. The van der Waals surface area contributed by atoms with Crippen LogP contribution in [0.4, 0.5) is 0 Å². The molecule has 1 heterocycles. The second kappa shape index (κ2) is 5.17. The first-order valence-electron chi connectivity index (χ1n) is 7.70. The third kappa shape index (κ3) is 2.18. The molecule has 0 N–H and O–H groups in total. The molecule has 0 saturated heterocycles. The highest BCUT2D eigenvalue weighted by atomic mass is 15.1. The molecule has 22 heavy (non-hydrogen) atoms. The summed E-state index contributed by atoms with van der Waals surface area (Å²) in [5.41, 5.74) is 7.41. The van der Waals surface area contributed by atoms with E-state index in [4.69, 9.17) is 0 Å². The summed E-state index contributed by atoms with van der Waals surface area (Å²) < 4.78 is 0. The smallest absolute Gasteiger partial charge is 0.0398 e. The first-order valence-corrected chi connectivity index (χ1v) is 7.70. The number of likely N-dealkylation sites (N-methyl/N-ethyl adjacent to an activating group) is 1. The molecule has 112 valence electrons. The van der Waals surface area contributed by atoms with E-state index in [1.54, 1.807) is 0 Å². The van der Waals surface area contributed by atoms with Crippen LogP contribution in [0, 0.1) is 0 Å². The highest BCUT2D eigenvalue weighted by Crippen LogP contribution is 2.49. The Labute approximate surface area is 133 Å². The summed E-state index contributed by atoms with van der Waals surface area (Å²) in [6.45, 7) is 14.1. The summed E-state index contributed by atoms with van der Waals surface area (Å²) in [7, 11) is 2.12. The standard InChI is InChI=1S/C21H23N/c1-15-10-8-9-13-22(5)14-19-20(16(15)2)17-11-6-7-12-18(17)21(19,3)4/h6-13H,1-2,14H2,3-5H3/b10-8-,13-9-. The first-order chi connectivity index (χ1) is 10.4. The van der Waals surface area contributed by atoms with E-state index < -0.39 is 0 Å². The van der Waals surface area contributed by atoms with E-state index in [9.17, 15) is 0 Å². The van der Waals surface area contributed by atoms with Gasteiger partial charge >= 0.3 is 0 Å². The molecule has 0 spiro atoms. The largest absolute Gasteiger partial charge is 0.376 e. The predicted octanol–water partition coefficient (Wildman–Crippen LogP) is 4.86. The van der Waals surface area contributed by atoms with Crippen LogP contribution in [0.2, 0.25) is 0 Å². The predicted molar refractivity (Wildman–Crippen MR) is 95.6 cm³/mol. The zero-order valence-electron chi connectivity index (χ0n) is 13.7. The number of hydrogen-bond donors (Lipinski definition) is 0. The Balaban J connectivity index is 2.26. The Morgan fingerprint density at radius 3 is 2.59 bits per heavy atom. The molecule has 1 aromatic carbocycles. The van der Waals surface area contributed by atoms with Crippen molar-refractivity contribution in [3.05, 3.63) is 89.7 Å². The van der Waals surface area contributed by atoms with Gasteiger partial charge in [0.25, 0.3) is 0 Å². The lowest BCUT2D eigenvalue weighted by Gasteiger charge is -2.28. The van der Waals surface area contributed by atoms with Crippen molar-refractivity contribution in [1.82, 2.24) is 4.90 Å². The van der Waals surface area contributed by atoms with E-state index in [-0.39, 0.29) is 5.41 Å². The van der Waals surface area contributed by atoms with Crippen LogP contribution in [0.3, 0.4) is 0 Å². The van der Waals surface area contributed by atoms with Gasteiger partial charge in [0, 0.05) is 19.0 Å². The summed E-state index contributed by atoms with van der Waals surface area (Å²) in [5.74, 6) is 0. The maximum absolute atomic E-state index is 4.35. The highest BCUT2D eigenvalue weighted by molar-refractivity contribution is 5.92. The second-order valence-electron chi connectivity index (χ2n) is 6.64. The molecule has 0 radical (unpaired) electrons. The van der Waals surface area contributed by atoms with E-state index in [0.717, 1.165) is 17.7 Å². The molecule has 0 aromatic heterocycles. The SMILES string of the molecule is C=C1/C=C\C=C/N(C)CC2=C(C1=C)c1ccccc1C2(C)C. The molecule has 0 fully saturated rings. The molecule has 1 aromatic rings. The minimum Gasteiger partial charge on any atom is -0.376 e. The van der Waals surface area contributed by atoms with Crippen LogP contribution in [0.25, 0.3) is 5.57 Å². The average molecular weight is 289 g/mol. The first kappa shape index (κ1) is 14.6. The van der Waals surface area contributed by atoms with Gasteiger partial charge in [0.05, 0.1) is 0 Å². The van der Waals surface area contributed by atoms with Crippen LogP contribution in [0.5, 0.6) is 0 Å². The Kier molecular flexibility index (Phi) is 3.44. The van der Waals surface area contributed by atoms with Gasteiger partial charge in [-0.15, -0.1) is 0 Å². The minimum atomic E-state index is 0.0140. The van der Waals surface area contributed by atoms with Crippen LogP contribution in [0.1, 0.15) is 25.0 Å². The third-order valence-corrected chi connectivity index (χ3v) is 4.77. The van der Waals surface area contributed by atoms with E-state index in [2.05, 4.69) is 75.5 Å². The normalized spacial score (nSPS) is 23.1. The van der Waals surface area contributed by atoms with Crippen LogP contribution >= 0.6 is 0 Å². The minimum absolute atomic E-state index is 0.0140. The van der Waals surface area contributed by atoms with Crippen molar-refractivity contribution in [2.24, 2.45) is 0 Å². The van der Waals surface area contributed by atoms with Crippen LogP contribution in [-0.4, -0.2) is 18.5 Å². The molecular formula is C21H23N. The van der Waals surface area contributed by atoms with Crippen LogP contribution in [-0.2, 0) is 5.41 Å². The number of fused-ring (bicyclic) bond motifs is 2. The molecule has 1 heteroatoms. The van der Waals surface area contributed by atoms with Crippen LogP contribution < -0.4 is 0 Å². The van der Waals surface area contributed by atoms with Gasteiger partial charge in [-0.3, -0.25) is 0 Å². The highest BCUT2D eigenvalue weighted by Gasteiger charge is 2.38. The summed E-state index contributed by atoms with van der Waals surface area (Å²) in [6, 6.07) is 8.69. The summed E-state index contributed by atoms with van der Waals surface area (Å²) in [4.78, 5) is 2.23. The Bertz CT molecular complexity index is 741. The van der Waals surface area contributed by atoms with E-state index in [1.807, 2.05) is 12.2 Å². The fourth-order valence-corrected chi connectivity index (χ4v) is 3.44. The number of nitrogens with zero attached hydrogens (tertiary/aromatic N) is 1. The van der Waals surface area contributed by atoms with Gasteiger partial charge in [0.1, 0.15) is 0 Å². The van der Waals surface area contributed by atoms with Crippen molar-refractivity contribution in [2.45, 2.75) is 19.3 Å². The number of allylic oxidation sites excluding steroid dienone is 6. The van der Waals surface area contributed by atoms with Crippen molar-refractivity contribution in [2.75, 3.05) is 13.6 Å². The van der Waals surface area contributed by atoms with E-state index >= 15 is 0 Å². The fraction of sp³-hybridized carbons (Fsp3) is 0.238. The van der Waals surface area contributed by atoms with Crippen LogP contribution in [0.15, 0.2) is 78.6 Å². The zero-order valence-corrected chi connectivity index (χ0v) is 13.7. The van der Waals surface area contributed by atoms with E-state index in [1.165, 1.54) is 22.3 Å². The summed E-state index contributed by atoms with van der Waals surface area (Å²) in [6.07, 6.45) is 8.23. The summed E-state index contributed by atoms with van der Waals surface area (Å²) in [5, 5.41) is 0. The average Bonchev–Trinajstić information content (AvgIpc) is 2.71. The Morgan fingerprint density at radius 2 is 1.82 bits per heavy atom. The molecule has 0 amide bonds. The van der Waals surface area contributed by atoms with Crippen molar-refractivity contribution >= 4 is 5.57 Å². The molecule has 0 bridgehead atoms. The lowest BCUT2D eigenvalue weighted by Crippen LogP contribution is -2.26. The molecule has 1 aliphatic carbocycles. The van der Waals surface area contributed by atoms with Gasteiger partial charge in [-0.05, 0) is 45.7 Å². The molecular weight excluding hydrogens is 266 g/mol. The van der Waals surface area contributed by atoms with E-state index in [0.29, 0.717) is 0 Å². The second-order valence-corrected chi connectivity index (χ2v) is 6.64. The van der Waals surface area contributed by atoms with Crippen molar-refractivity contribution in [3.8, 4) is 0 Å². The molecule has 2 aliphatic rings. The van der Waals surface area contributed by atoms with Gasteiger partial charge < -0.3 is 4.90 Å². The number of hydrogen-bond acceptors (Lipinski definition) is 1. The van der Waals surface area contributed by atoms with Gasteiger partial charge in [-0.2, -0.15) is 0 Å². The Hall–Kier alpha value is -2.28. The lowest BCUT2D eigenvalue weighted by atomic mass is 9.80. The monoisotopic (exact) mass is 289 g/mol. The zero-order chi connectivity index (χ0) is 15.9. The van der Waals surface area contributed by atoms with Gasteiger partial charge in [-0.1, -0.05) is 63.4 Å². The lowest BCUT2D eigenvalue weighted by molar-refractivity contribution is 0.459. The molecule has 3 rings (SSSR count). The maximum atomic E-state index is 4.35.